The van der Waals surface area contributed by atoms with Crippen molar-refractivity contribution in [3.8, 4) is 11.5 Å². The van der Waals surface area contributed by atoms with Gasteiger partial charge in [-0.2, -0.15) is 0 Å². The van der Waals surface area contributed by atoms with Crippen LogP contribution in [0.25, 0.3) is 22.6 Å². The highest BCUT2D eigenvalue weighted by atomic mass is 19.1. The molecule has 0 radical (unpaired) electrons. The molecule has 1 amide bonds. The lowest BCUT2D eigenvalue weighted by atomic mass is 10.1. The number of anilines is 1. The Hall–Kier alpha value is -3.22. The molecule has 0 bridgehead atoms. The zero-order valence-electron chi connectivity index (χ0n) is 13.0. The summed E-state index contributed by atoms with van der Waals surface area (Å²) < 4.78 is 19.0. The number of carbonyl (C=O) groups is 2. The molecule has 1 N–H and O–H groups in total. The van der Waals surface area contributed by atoms with E-state index < -0.39 is 11.9 Å². The number of aliphatic carboxylic acids is 1. The molecule has 126 valence electrons. The minimum Gasteiger partial charge on any atom is -0.481 e. The summed E-state index contributed by atoms with van der Waals surface area (Å²) in [5, 5.41) is 9.08. The SMILES string of the molecule is O=C(O)[C@H]1CC(=O)N(c2ccc3oc(-c4cccc(F)c4)nc3c2)C1. The number of rotatable bonds is 3. The van der Waals surface area contributed by atoms with Crippen molar-refractivity contribution in [3.05, 3.63) is 48.3 Å². The van der Waals surface area contributed by atoms with E-state index in [4.69, 9.17) is 9.52 Å². The first kappa shape index (κ1) is 15.3. The average Bonchev–Trinajstić information content (AvgIpc) is 3.17. The Kier molecular flexibility index (Phi) is 3.49. The van der Waals surface area contributed by atoms with Gasteiger partial charge in [-0.25, -0.2) is 9.37 Å². The van der Waals surface area contributed by atoms with Gasteiger partial charge in [0, 0.05) is 24.2 Å². The number of carboxylic acids is 1. The standard InChI is InChI=1S/C18H13FN2O4/c19-12-3-1-2-10(6-12)17-20-14-8-13(4-5-15(14)25-17)21-9-11(18(23)24)7-16(21)22/h1-6,8,11H,7,9H2,(H,23,24)/t11-/m0/s1. The maximum atomic E-state index is 13.4. The van der Waals surface area contributed by atoms with Crippen molar-refractivity contribution in [2.45, 2.75) is 6.42 Å². The molecule has 1 atom stereocenters. The van der Waals surface area contributed by atoms with Gasteiger partial charge in [0.15, 0.2) is 5.58 Å². The topological polar surface area (TPSA) is 83.6 Å². The van der Waals surface area contributed by atoms with Crippen LogP contribution in [0.15, 0.2) is 46.9 Å². The number of carbonyl (C=O) groups excluding carboxylic acids is 1. The van der Waals surface area contributed by atoms with Crippen LogP contribution < -0.4 is 4.90 Å². The second-order valence-corrected chi connectivity index (χ2v) is 5.93. The highest BCUT2D eigenvalue weighted by molar-refractivity contribution is 6.00. The van der Waals surface area contributed by atoms with Gasteiger partial charge < -0.3 is 14.4 Å². The van der Waals surface area contributed by atoms with Crippen LogP contribution in [-0.2, 0) is 9.59 Å². The highest BCUT2D eigenvalue weighted by Gasteiger charge is 2.35. The van der Waals surface area contributed by atoms with Gasteiger partial charge in [0.1, 0.15) is 11.3 Å². The van der Waals surface area contributed by atoms with Crippen LogP contribution >= 0.6 is 0 Å². The summed E-state index contributed by atoms with van der Waals surface area (Å²) in [6.07, 6.45) is -0.0132. The van der Waals surface area contributed by atoms with E-state index in [2.05, 4.69) is 4.98 Å². The van der Waals surface area contributed by atoms with Crippen molar-refractivity contribution in [1.29, 1.82) is 0 Å². The van der Waals surface area contributed by atoms with Gasteiger partial charge >= 0.3 is 5.97 Å². The van der Waals surface area contributed by atoms with Crippen LogP contribution in [0.4, 0.5) is 10.1 Å². The first-order chi connectivity index (χ1) is 12.0. The van der Waals surface area contributed by atoms with Gasteiger partial charge in [0.05, 0.1) is 5.92 Å². The second-order valence-electron chi connectivity index (χ2n) is 5.93. The molecular weight excluding hydrogens is 327 g/mol. The van der Waals surface area contributed by atoms with E-state index in [-0.39, 0.29) is 30.6 Å². The summed E-state index contributed by atoms with van der Waals surface area (Å²) >= 11 is 0. The molecular formula is C18H13FN2O4. The van der Waals surface area contributed by atoms with Crippen molar-refractivity contribution >= 4 is 28.7 Å². The van der Waals surface area contributed by atoms with Crippen LogP contribution in [0.3, 0.4) is 0 Å². The maximum absolute atomic E-state index is 13.4. The van der Waals surface area contributed by atoms with Crippen LogP contribution in [0.2, 0.25) is 0 Å². The van der Waals surface area contributed by atoms with Gasteiger partial charge in [-0.1, -0.05) is 6.07 Å². The molecule has 0 spiro atoms. The molecule has 1 aliphatic heterocycles. The Labute approximate surface area is 141 Å². The van der Waals surface area contributed by atoms with Crippen LogP contribution in [0.1, 0.15) is 6.42 Å². The van der Waals surface area contributed by atoms with Crippen LogP contribution in [0, 0.1) is 11.7 Å². The third-order valence-electron chi connectivity index (χ3n) is 4.23. The lowest BCUT2D eigenvalue weighted by molar-refractivity contribution is -0.141. The molecule has 3 aromatic rings. The predicted molar refractivity (Wildman–Crippen MR) is 87.5 cm³/mol. The Morgan fingerprint density at radius 1 is 1.28 bits per heavy atom. The Balaban J connectivity index is 1.69. The smallest absolute Gasteiger partial charge is 0.308 e. The molecule has 1 aromatic heterocycles. The van der Waals surface area contributed by atoms with E-state index >= 15 is 0 Å². The van der Waals surface area contributed by atoms with Crippen molar-refractivity contribution in [2.24, 2.45) is 5.92 Å². The molecule has 25 heavy (non-hydrogen) atoms. The number of hydrogen-bond acceptors (Lipinski definition) is 4. The van der Waals surface area contributed by atoms with Gasteiger partial charge in [-0.15, -0.1) is 0 Å². The number of nitrogens with zero attached hydrogens (tertiary/aromatic N) is 2. The van der Waals surface area contributed by atoms with Gasteiger partial charge in [-0.3, -0.25) is 9.59 Å². The van der Waals surface area contributed by atoms with E-state index in [0.29, 0.717) is 22.4 Å². The minimum atomic E-state index is -0.980. The third-order valence-corrected chi connectivity index (χ3v) is 4.23. The number of amides is 1. The number of halogens is 1. The van der Waals surface area contributed by atoms with Gasteiger partial charge in [-0.05, 0) is 36.4 Å². The zero-order chi connectivity index (χ0) is 17.6. The molecule has 0 aliphatic carbocycles. The predicted octanol–water partition coefficient (Wildman–Crippen LogP) is 3.07. The van der Waals surface area contributed by atoms with Gasteiger partial charge in [0.2, 0.25) is 11.8 Å². The molecule has 2 heterocycles. The largest absolute Gasteiger partial charge is 0.481 e. The quantitative estimate of drug-likeness (QED) is 0.792. The van der Waals surface area contributed by atoms with E-state index in [0.717, 1.165) is 0 Å². The summed E-state index contributed by atoms with van der Waals surface area (Å²) in [7, 11) is 0. The lowest BCUT2D eigenvalue weighted by Crippen LogP contribution is -2.25. The van der Waals surface area contributed by atoms with E-state index in [1.54, 1.807) is 30.3 Å². The van der Waals surface area contributed by atoms with Crippen molar-refractivity contribution in [3.63, 3.8) is 0 Å². The summed E-state index contributed by atoms with van der Waals surface area (Å²) in [5.41, 5.74) is 2.11. The number of hydrogen-bond donors (Lipinski definition) is 1. The number of aromatic nitrogens is 1. The molecule has 4 rings (SSSR count). The molecule has 7 heteroatoms. The fraction of sp³-hybridized carbons (Fsp3) is 0.167. The first-order valence-corrected chi connectivity index (χ1v) is 7.71. The molecule has 0 unspecified atom stereocenters. The van der Waals surface area contributed by atoms with Gasteiger partial charge in [0.25, 0.3) is 0 Å². The fourth-order valence-corrected chi connectivity index (χ4v) is 2.95. The monoisotopic (exact) mass is 340 g/mol. The highest BCUT2D eigenvalue weighted by Crippen LogP contribution is 2.30. The summed E-state index contributed by atoms with van der Waals surface area (Å²) in [5.74, 6) is -2.03. The molecule has 0 saturated carbocycles. The summed E-state index contributed by atoms with van der Waals surface area (Å²) in [6.45, 7) is 0.133. The number of fused-ring (bicyclic) bond motifs is 1. The zero-order valence-corrected chi connectivity index (χ0v) is 13.0. The van der Waals surface area contributed by atoms with Crippen molar-refractivity contribution < 1.29 is 23.5 Å². The number of carboxylic acid groups (broad SMARTS) is 1. The second kappa shape index (κ2) is 5.70. The summed E-state index contributed by atoms with van der Waals surface area (Å²) in [4.78, 5) is 28.9. The average molecular weight is 340 g/mol. The Bertz CT molecular complexity index is 998. The fourth-order valence-electron chi connectivity index (χ4n) is 2.95. The van der Waals surface area contributed by atoms with Crippen LogP contribution in [-0.4, -0.2) is 28.5 Å². The Morgan fingerprint density at radius 2 is 2.12 bits per heavy atom. The normalized spacial score (nSPS) is 17.4. The third kappa shape index (κ3) is 2.73. The van der Waals surface area contributed by atoms with Crippen molar-refractivity contribution in [1.82, 2.24) is 4.98 Å². The molecule has 2 aromatic carbocycles. The van der Waals surface area contributed by atoms with Crippen LogP contribution in [0.5, 0.6) is 0 Å². The maximum Gasteiger partial charge on any atom is 0.308 e. The molecule has 6 nitrogen and oxygen atoms in total. The number of oxazole rings is 1. The number of benzene rings is 2. The van der Waals surface area contributed by atoms with Crippen molar-refractivity contribution in [2.75, 3.05) is 11.4 Å². The minimum absolute atomic E-state index is 0.0132. The molecule has 1 aliphatic rings. The summed E-state index contributed by atoms with van der Waals surface area (Å²) in [6, 6.07) is 10.9. The van der Waals surface area contributed by atoms with E-state index in [1.165, 1.54) is 17.0 Å². The van der Waals surface area contributed by atoms with E-state index in [1.807, 2.05) is 0 Å². The Morgan fingerprint density at radius 3 is 2.84 bits per heavy atom. The molecule has 1 fully saturated rings. The first-order valence-electron chi connectivity index (χ1n) is 7.71. The lowest BCUT2D eigenvalue weighted by Gasteiger charge is -2.15. The van der Waals surface area contributed by atoms with E-state index in [9.17, 15) is 14.0 Å². The molecule has 1 saturated heterocycles.